The van der Waals surface area contributed by atoms with E-state index in [2.05, 4.69) is 37.7 Å². The highest BCUT2D eigenvalue weighted by Gasteiger charge is 2.24. The fourth-order valence-electron chi connectivity index (χ4n) is 4.83. The van der Waals surface area contributed by atoms with Crippen LogP contribution >= 0.6 is 27.3 Å². The predicted molar refractivity (Wildman–Crippen MR) is 145 cm³/mol. The topological polar surface area (TPSA) is 76.0 Å². The monoisotopic (exact) mass is 547 g/mol. The standard InChI is InChI=1S/C27H26BrN5OS/c1-15(2)25-31-23-10-9-19(28)12-21(23)26(34)33(25)30-14-18-11-16(3)32(17(18)4)27-22(13-29)20-7-5-6-8-24(20)35-27/h9-12,14-15H,5-8H2,1-4H3. The number of aromatic nitrogens is 3. The first-order valence-corrected chi connectivity index (χ1v) is 13.4. The average Bonchev–Trinajstić information content (AvgIpc) is 3.33. The summed E-state index contributed by atoms with van der Waals surface area (Å²) in [7, 11) is 0. The molecular weight excluding hydrogens is 522 g/mol. The molecule has 0 atom stereocenters. The van der Waals surface area contributed by atoms with E-state index in [9.17, 15) is 10.1 Å². The third-order valence-corrected chi connectivity index (χ3v) is 8.37. The quantitative estimate of drug-likeness (QED) is 0.278. The van der Waals surface area contributed by atoms with Crippen molar-refractivity contribution in [2.45, 2.75) is 59.3 Å². The number of fused-ring (bicyclic) bond motifs is 2. The van der Waals surface area contributed by atoms with Gasteiger partial charge in [0.05, 0.1) is 22.7 Å². The Bertz CT molecular complexity index is 1600. The third-order valence-electron chi connectivity index (χ3n) is 6.60. The molecule has 0 saturated carbocycles. The summed E-state index contributed by atoms with van der Waals surface area (Å²) in [4.78, 5) is 19.4. The molecule has 4 aromatic rings. The summed E-state index contributed by atoms with van der Waals surface area (Å²) in [5.41, 5.74) is 5.45. The van der Waals surface area contributed by atoms with Crippen molar-refractivity contribution in [1.82, 2.24) is 14.2 Å². The zero-order valence-electron chi connectivity index (χ0n) is 20.2. The highest BCUT2D eigenvalue weighted by molar-refractivity contribution is 9.10. The Hall–Kier alpha value is -3.02. The van der Waals surface area contributed by atoms with Crippen LogP contribution in [-0.4, -0.2) is 20.4 Å². The van der Waals surface area contributed by atoms with Crippen molar-refractivity contribution in [3.8, 4) is 11.1 Å². The molecule has 0 amide bonds. The molecule has 1 aliphatic rings. The van der Waals surface area contributed by atoms with Crippen LogP contribution in [0.2, 0.25) is 0 Å². The molecule has 0 bridgehead atoms. The molecule has 0 aliphatic heterocycles. The second kappa shape index (κ2) is 9.21. The van der Waals surface area contributed by atoms with Crippen LogP contribution in [0.15, 0.2) is 38.6 Å². The summed E-state index contributed by atoms with van der Waals surface area (Å²) in [5.74, 6) is 0.642. The lowest BCUT2D eigenvalue weighted by Crippen LogP contribution is -2.23. The molecule has 0 N–H and O–H groups in total. The van der Waals surface area contributed by atoms with Gasteiger partial charge in [0.1, 0.15) is 16.9 Å². The van der Waals surface area contributed by atoms with E-state index in [-0.39, 0.29) is 11.5 Å². The zero-order valence-corrected chi connectivity index (χ0v) is 22.6. The maximum Gasteiger partial charge on any atom is 0.282 e. The second-order valence-corrected chi connectivity index (χ2v) is 11.3. The number of halogens is 1. The second-order valence-electron chi connectivity index (χ2n) is 9.31. The molecule has 35 heavy (non-hydrogen) atoms. The Morgan fingerprint density at radius 3 is 2.74 bits per heavy atom. The summed E-state index contributed by atoms with van der Waals surface area (Å²) in [5, 5.41) is 16.1. The van der Waals surface area contributed by atoms with Crippen molar-refractivity contribution in [2.24, 2.45) is 5.10 Å². The van der Waals surface area contributed by atoms with Gasteiger partial charge in [-0.15, -0.1) is 11.3 Å². The largest absolute Gasteiger partial charge is 0.308 e. The fourth-order valence-corrected chi connectivity index (χ4v) is 6.64. The minimum absolute atomic E-state index is 0.0240. The summed E-state index contributed by atoms with van der Waals surface area (Å²) < 4.78 is 4.40. The maximum absolute atomic E-state index is 13.4. The highest BCUT2D eigenvalue weighted by Crippen LogP contribution is 2.38. The van der Waals surface area contributed by atoms with E-state index < -0.39 is 0 Å². The van der Waals surface area contributed by atoms with E-state index in [1.807, 2.05) is 39.8 Å². The van der Waals surface area contributed by atoms with Crippen LogP contribution in [0.3, 0.4) is 0 Å². The Kier molecular flexibility index (Phi) is 6.24. The number of hydrogen-bond acceptors (Lipinski definition) is 5. The lowest BCUT2D eigenvalue weighted by atomic mass is 9.96. The van der Waals surface area contributed by atoms with Crippen molar-refractivity contribution in [2.75, 3.05) is 0 Å². The zero-order chi connectivity index (χ0) is 24.9. The van der Waals surface area contributed by atoms with E-state index in [0.717, 1.165) is 51.3 Å². The van der Waals surface area contributed by atoms with Gasteiger partial charge in [-0.25, -0.2) is 4.98 Å². The van der Waals surface area contributed by atoms with Gasteiger partial charge in [-0.1, -0.05) is 29.8 Å². The van der Waals surface area contributed by atoms with Gasteiger partial charge in [0.15, 0.2) is 0 Å². The molecule has 0 radical (unpaired) electrons. The lowest BCUT2D eigenvalue weighted by molar-refractivity contribution is 0.665. The van der Waals surface area contributed by atoms with Crippen LogP contribution < -0.4 is 5.56 Å². The molecule has 0 fully saturated rings. The van der Waals surface area contributed by atoms with Crippen molar-refractivity contribution < 1.29 is 0 Å². The van der Waals surface area contributed by atoms with Crippen molar-refractivity contribution in [3.05, 3.63) is 77.9 Å². The lowest BCUT2D eigenvalue weighted by Gasteiger charge is -2.12. The van der Waals surface area contributed by atoms with E-state index in [0.29, 0.717) is 16.7 Å². The summed E-state index contributed by atoms with van der Waals surface area (Å²) in [6, 6.07) is 10.1. The number of rotatable bonds is 4. The maximum atomic E-state index is 13.4. The smallest absolute Gasteiger partial charge is 0.282 e. The summed E-state index contributed by atoms with van der Waals surface area (Å²) in [6.07, 6.45) is 6.09. The molecule has 8 heteroatoms. The van der Waals surface area contributed by atoms with Gasteiger partial charge in [-0.3, -0.25) is 4.79 Å². The van der Waals surface area contributed by atoms with Gasteiger partial charge in [0.2, 0.25) is 0 Å². The van der Waals surface area contributed by atoms with Crippen molar-refractivity contribution in [1.29, 1.82) is 5.26 Å². The summed E-state index contributed by atoms with van der Waals surface area (Å²) >= 11 is 5.18. The van der Waals surface area contributed by atoms with E-state index in [4.69, 9.17) is 4.98 Å². The Morgan fingerprint density at radius 1 is 1.23 bits per heavy atom. The van der Waals surface area contributed by atoms with Crippen LogP contribution in [-0.2, 0) is 12.8 Å². The first kappa shape index (κ1) is 23.7. The number of nitrogens with zero attached hydrogens (tertiary/aromatic N) is 5. The highest BCUT2D eigenvalue weighted by atomic mass is 79.9. The molecule has 0 spiro atoms. The number of benzene rings is 1. The van der Waals surface area contributed by atoms with Gasteiger partial charge >= 0.3 is 0 Å². The molecule has 3 aromatic heterocycles. The Labute approximate surface area is 216 Å². The van der Waals surface area contributed by atoms with Gasteiger partial charge < -0.3 is 4.57 Å². The molecule has 5 rings (SSSR count). The third kappa shape index (κ3) is 4.07. The number of nitriles is 1. The van der Waals surface area contributed by atoms with Crippen molar-refractivity contribution >= 4 is 44.4 Å². The molecule has 1 aromatic carbocycles. The van der Waals surface area contributed by atoms with Crippen LogP contribution in [0.25, 0.3) is 15.9 Å². The molecule has 0 unspecified atom stereocenters. The first-order chi connectivity index (χ1) is 16.8. The molecule has 178 valence electrons. The average molecular weight is 549 g/mol. The Balaban J connectivity index is 1.62. The first-order valence-electron chi connectivity index (χ1n) is 11.8. The van der Waals surface area contributed by atoms with Gasteiger partial charge in [-0.2, -0.15) is 15.0 Å². The normalized spacial score (nSPS) is 13.6. The predicted octanol–water partition coefficient (Wildman–Crippen LogP) is 6.38. The molecule has 1 aliphatic carbocycles. The van der Waals surface area contributed by atoms with Gasteiger partial charge in [0.25, 0.3) is 5.56 Å². The van der Waals surface area contributed by atoms with Crippen LogP contribution in [0.4, 0.5) is 0 Å². The molecular formula is C27H26BrN5OS. The van der Waals surface area contributed by atoms with Crippen LogP contribution in [0, 0.1) is 25.2 Å². The summed E-state index contributed by atoms with van der Waals surface area (Å²) in [6.45, 7) is 8.10. The number of thiophene rings is 1. The minimum atomic E-state index is -0.192. The number of hydrogen-bond donors (Lipinski definition) is 0. The van der Waals surface area contributed by atoms with E-state index in [1.54, 1.807) is 23.6 Å². The van der Waals surface area contributed by atoms with Crippen LogP contribution in [0.1, 0.15) is 71.4 Å². The van der Waals surface area contributed by atoms with Crippen LogP contribution in [0.5, 0.6) is 0 Å². The van der Waals surface area contributed by atoms with Gasteiger partial charge in [-0.05, 0) is 69.4 Å². The van der Waals surface area contributed by atoms with Gasteiger partial charge in [0, 0.05) is 32.2 Å². The van der Waals surface area contributed by atoms with E-state index >= 15 is 0 Å². The number of aryl methyl sites for hydroxylation is 2. The molecule has 0 saturated heterocycles. The van der Waals surface area contributed by atoms with Crippen molar-refractivity contribution in [3.63, 3.8) is 0 Å². The SMILES string of the molecule is Cc1cc(C=Nn2c(C(C)C)nc3ccc(Br)cc3c2=O)c(C)n1-c1sc2c(c1C#N)CCCC2. The minimum Gasteiger partial charge on any atom is -0.308 e. The molecule has 6 nitrogen and oxygen atoms in total. The fraction of sp³-hybridized carbons (Fsp3) is 0.333. The Morgan fingerprint density at radius 2 is 2.00 bits per heavy atom. The van der Waals surface area contributed by atoms with E-state index in [1.165, 1.54) is 21.5 Å². The molecule has 3 heterocycles.